The fraction of sp³-hybridized carbons (Fsp3) is 0.381. The number of rotatable bonds is 9. The van der Waals surface area contributed by atoms with Gasteiger partial charge in [0.25, 0.3) is 5.91 Å². The van der Waals surface area contributed by atoms with Gasteiger partial charge in [0.05, 0.1) is 22.3 Å². The molecule has 34 heavy (non-hydrogen) atoms. The van der Waals surface area contributed by atoms with Crippen LogP contribution in [-0.4, -0.2) is 44.4 Å². The summed E-state index contributed by atoms with van der Waals surface area (Å²) in [4.78, 5) is 37.3. The van der Waals surface area contributed by atoms with Gasteiger partial charge in [0.1, 0.15) is 5.00 Å². The number of carbonyl (C=O) groups excluding carboxylic acids is 3. The van der Waals surface area contributed by atoms with Crippen LogP contribution in [0.15, 0.2) is 26.4 Å². The molecule has 182 valence electrons. The van der Waals surface area contributed by atoms with Crippen molar-refractivity contribution in [2.75, 3.05) is 11.1 Å². The summed E-state index contributed by atoms with van der Waals surface area (Å²) in [7, 11) is 0. The van der Waals surface area contributed by atoms with E-state index in [1.807, 2.05) is 18.4 Å². The van der Waals surface area contributed by atoms with Gasteiger partial charge in [-0.25, -0.2) is 4.79 Å². The summed E-state index contributed by atoms with van der Waals surface area (Å²) >= 11 is 5.41. The Balaban J connectivity index is 1.79. The Labute approximate surface area is 212 Å². The first-order valence-electron chi connectivity index (χ1n) is 10.3. The standard InChI is InChI=1S/C21H24BrN5O5S2/c1-9(2)27-18(12-6-7-13(22)32-12)25-26-21(27)33-8-14(28)24-19-15(20(30)31-10(3)4)11(5)16(34-19)17(23)29/h6-7,9-10H,8H2,1-5H3,(H2,23,29)(H,24,28). The number of nitrogens with one attached hydrogen (secondary N) is 1. The lowest BCUT2D eigenvalue weighted by molar-refractivity contribution is -0.113. The van der Waals surface area contributed by atoms with Crippen molar-refractivity contribution in [3.05, 3.63) is 32.8 Å². The second-order valence-corrected chi connectivity index (χ2v) is 10.5. The molecule has 3 heterocycles. The minimum atomic E-state index is -0.682. The fourth-order valence-corrected chi connectivity index (χ4v) is 5.33. The molecular weight excluding hydrogens is 546 g/mol. The van der Waals surface area contributed by atoms with Crippen LogP contribution in [-0.2, 0) is 9.53 Å². The predicted molar refractivity (Wildman–Crippen MR) is 133 cm³/mol. The molecule has 0 aromatic carbocycles. The molecule has 0 radical (unpaired) electrons. The monoisotopic (exact) mass is 569 g/mol. The Bertz CT molecular complexity index is 1230. The van der Waals surface area contributed by atoms with E-state index in [2.05, 4.69) is 31.4 Å². The number of esters is 1. The number of hydrogen-bond donors (Lipinski definition) is 2. The molecule has 0 spiro atoms. The van der Waals surface area contributed by atoms with Gasteiger partial charge in [0.15, 0.2) is 15.6 Å². The molecule has 3 aromatic heterocycles. The third-order valence-electron chi connectivity index (χ3n) is 4.48. The fourth-order valence-electron chi connectivity index (χ4n) is 3.09. The summed E-state index contributed by atoms with van der Waals surface area (Å²) in [6.07, 6.45) is -0.366. The summed E-state index contributed by atoms with van der Waals surface area (Å²) in [5, 5.41) is 11.9. The molecule has 3 N–H and O–H groups in total. The summed E-state index contributed by atoms with van der Waals surface area (Å²) in [6.45, 7) is 8.97. The molecule has 0 aliphatic rings. The third-order valence-corrected chi connectivity index (χ3v) is 7.07. The highest BCUT2D eigenvalue weighted by Crippen LogP contribution is 2.34. The number of ether oxygens (including phenoxy) is 1. The highest BCUT2D eigenvalue weighted by Gasteiger charge is 2.27. The average Bonchev–Trinajstić information content (AvgIpc) is 3.42. The van der Waals surface area contributed by atoms with E-state index >= 15 is 0 Å². The van der Waals surface area contributed by atoms with E-state index in [0.717, 1.165) is 11.3 Å². The number of thioether (sulfide) groups is 1. The Hall–Kier alpha value is -2.64. The number of aromatic nitrogens is 3. The van der Waals surface area contributed by atoms with Gasteiger partial charge in [0, 0.05) is 6.04 Å². The van der Waals surface area contributed by atoms with Gasteiger partial charge < -0.3 is 20.2 Å². The highest BCUT2D eigenvalue weighted by molar-refractivity contribution is 9.10. The first-order valence-corrected chi connectivity index (χ1v) is 12.9. The minimum Gasteiger partial charge on any atom is -0.459 e. The van der Waals surface area contributed by atoms with Crippen LogP contribution in [0, 0.1) is 6.92 Å². The zero-order chi connectivity index (χ0) is 25.2. The van der Waals surface area contributed by atoms with Crippen LogP contribution in [0.2, 0.25) is 0 Å². The van der Waals surface area contributed by atoms with Crippen LogP contribution in [0.4, 0.5) is 5.00 Å². The second-order valence-electron chi connectivity index (χ2n) is 7.79. The van der Waals surface area contributed by atoms with Crippen molar-refractivity contribution in [1.29, 1.82) is 0 Å². The number of halogens is 1. The van der Waals surface area contributed by atoms with Gasteiger partial charge in [-0.3, -0.25) is 14.2 Å². The molecular formula is C21H24BrN5O5S2. The van der Waals surface area contributed by atoms with E-state index < -0.39 is 11.9 Å². The molecule has 3 aromatic rings. The van der Waals surface area contributed by atoms with E-state index in [4.69, 9.17) is 14.9 Å². The largest absolute Gasteiger partial charge is 0.459 e. The molecule has 13 heteroatoms. The van der Waals surface area contributed by atoms with Gasteiger partial charge in [-0.05, 0) is 68.2 Å². The van der Waals surface area contributed by atoms with E-state index in [1.165, 1.54) is 11.8 Å². The Morgan fingerprint density at radius 2 is 1.97 bits per heavy atom. The zero-order valence-electron chi connectivity index (χ0n) is 19.2. The van der Waals surface area contributed by atoms with Crippen molar-refractivity contribution >= 4 is 61.8 Å². The summed E-state index contributed by atoms with van der Waals surface area (Å²) in [5.41, 5.74) is 5.94. The maximum atomic E-state index is 12.8. The number of amides is 2. The first-order chi connectivity index (χ1) is 16.0. The van der Waals surface area contributed by atoms with Crippen molar-refractivity contribution in [1.82, 2.24) is 14.8 Å². The first kappa shape index (κ1) is 26.0. The van der Waals surface area contributed by atoms with Gasteiger partial charge in [-0.1, -0.05) is 11.8 Å². The van der Waals surface area contributed by atoms with Crippen LogP contribution < -0.4 is 11.1 Å². The number of hydrogen-bond acceptors (Lipinski definition) is 9. The Kier molecular flexibility index (Phi) is 8.21. The number of nitrogens with two attached hydrogens (primary N) is 1. The number of nitrogens with zero attached hydrogens (tertiary/aromatic N) is 3. The maximum Gasteiger partial charge on any atom is 0.341 e. The van der Waals surface area contributed by atoms with Crippen molar-refractivity contribution in [2.45, 2.75) is 51.9 Å². The number of furan rings is 1. The van der Waals surface area contributed by atoms with Crippen molar-refractivity contribution in [3.8, 4) is 11.6 Å². The van der Waals surface area contributed by atoms with Crippen LogP contribution >= 0.6 is 39.0 Å². The Morgan fingerprint density at radius 1 is 1.26 bits per heavy atom. The molecule has 0 atom stereocenters. The van der Waals surface area contributed by atoms with Crippen LogP contribution in [0.3, 0.4) is 0 Å². The minimum absolute atomic E-state index is 0.00573. The quantitative estimate of drug-likeness (QED) is 0.280. The van der Waals surface area contributed by atoms with Gasteiger partial charge >= 0.3 is 5.97 Å². The zero-order valence-corrected chi connectivity index (χ0v) is 22.4. The molecule has 0 saturated heterocycles. The van der Waals surface area contributed by atoms with Gasteiger partial charge in [-0.15, -0.1) is 21.5 Å². The number of anilines is 1. The molecule has 0 unspecified atom stereocenters. The third kappa shape index (κ3) is 5.70. The predicted octanol–water partition coefficient (Wildman–Crippen LogP) is 4.65. The van der Waals surface area contributed by atoms with Crippen LogP contribution in [0.1, 0.15) is 59.3 Å². The van der Waals surface area contributed by atoms with E-state index in [-0.39, 0.29) is 39.2 Å². The molecule has 0 bridgehead atoms. The van der Waals surface area contributed by atoms with Crippen molar-refractivity contribution in [3.63, 3.8) is 0 Å². The lowest BCUT2D eigenvalue weighted by Gasteiger charge is -2.13. The summed E-state index contributed by atoms with van der Waals surface area (Å²) in [6, 6.07) is 3.55. The normalized spacial score (nSPS) is 11.3. The van der Waals surface area contributed by atoms with Gasteiger partial charge in [-0.2, -0.15) is 0 Å². The summed E-state index contributed by atoms with van der Waals surface area (Å²) in [5.74, 6) is -0.616. The topological polar surface area (TPSA) is 142 Å². The molecule has 0 saturated carbocycles. The number of carbonyl (C=O) groups is 3. The smallest absolute Gasteiger partial charge is 0.341 e. The van der Waals surface area contributed by atoms with E-state index in [1.54, 1.807) is 32.9 Å². The summed E-state index contributed by atoms with van der Waals surface area (Å²) < 4.78 is 13.3. The molecule has 2 amide bonds. The molecule has 0 fully saturated rings. The number of primary amides is 1. The Morgan fingerprint density at radius 3 is 2.53 bits per heavy atom. The van der Waals surface area contributed by atoms with Crippen LogP contribution in [0.5, 0.6) is 0 Å². The van der Waals surface area contributed by atoms with E-state index in [0.29, 0.717) is 27.0 Å². The van der Waals surface area contributed by atoms with Gasteiger partial charge in [0.2, 0.25) is 11.7 Å². The SMILES string of the molecule is Cc1c(C(N)=O)sc(NC(=O)CSc2nnc(-c3ccc(Br)o3)n2C(C)C)c1C(=O)OC(C)C. The maximum absolute atomic E-state index is 12.8. The molecule has 3 rings (SSSR count). The molecule has 0 aliphatic heterocycles. The number of thiophene rings is 1. The van der Waals surface area contributed by atoms with E-state index in [9.17, 15) is 14.4 Å². The molecule has 10 nitrogen and oxygen atoms in total. The highest BCUT2D eigenvalue weighted by atomic mass is 79.9. The second kappa shape index (κ2) is 10.7. The van der Waals surface area contributed by atoms with Crippen molar-refractivity contribution in [2.24, 2.45) is 5.73 Å². The van der Waals surface area contributed by atoms with Crippen molar-refractivity contribution < 1.29 is 23.5 Å². The average molecular weight is 570 g/mol. The van der Waals surface area contributed by atoms with Crippen LogP contribution in [0.25, 0.3) is 11.6 Å². The molecule has 0 aliphatic carbocycles. The lowest BCUT2D eigenvalue weighted by atomic mass is 10.1. The lowest BCUT2D eigenvalue weighted by Crippen LogP contribution is -2.18.